The summed E-state index contributed by atoms with van der Waals surface area (Å²) in [5, 5.41) is 14.0. The lowest BCUT2D eigenvalue weighted by Gasteiger charge is -2.24. The Morgan fingerprint density at radius 1 is 1.33 bits per heavy atom. The van der Waals surface area contributed by atoms with Gasteiger partial charge in [-0.1, -0.05) is 44.5 Å². The fourth-order valence-corrected chi connectivity index (χ4v) is 2.18. The molecule has 0 aliphatic rings. The number of nitrogens with one attached hydrogen (secondary N) is 1. The zero-order valence-corrected chi connectivity index (χ0v) is 12.5. The van der Waals surface area contributed by atoms with Gasteiger partial charge in [0, 0.05) is 17.6 Å². The fourth-order valence-electron chi connectivity index (χ4n) is 1.99. The second kappa shape index (κ2) is 6.55. The molecule has 0 saturated carbocycles. The van der Waals surface area contributed by atoms with E-state index in [1.165, 1.54) is 0 Å². The Bertz CT molecular complexity index is 373. The van der Waals surface area contributed by atoms with E-state index in [1.807, 2.05) is 24.3 Å². The monoisotopic (exact) mass is 269 g/mol. The second-order valence-electron chi connectivity index (χ2n) is 6.10. The van der Waals surface area contributed by atoms with E-state index < -0.39 is 0 Å². The van der Waals surface area contributed by atoms with E-state index in [2.05, 4.69) is 33.0 Å². The average Bonchev–Trinajstić information content (AvgIpc) is 2.23. The molecular formula is C15H24ClNO. The van der Waals surface area contributed by atoms with E-state index >= 15 is 0 Å². The maximum Gasteiger partial charge on any atom is 0.0669 e. The molecule has 2 atom stereocenters. The van der Waals surface area contributed by atoms with E-state index in [1.54, 1.807) is 0 Å². The molecule has 0 fully saturated rings. The fraction of sp³-hybridized carbons (Fsp3) is 0.600. The highest BCUT2D eigenvalue weighted by Gasteiger charge is 2.17. The van der Waals surface area contributed by atoms with E-state index in [-0.39, 0.29) is 17.6 Å². The van der Waals surface area contributed by atoms with Crippen molar-refractivity contribution in [3.8, 4) is 0 Å². The molecule has 18 heavy (non-hydrogen) atoms. The van der Waals surface area contributed by atoms with Crippen molar-refractivity contribution in [3.63, 3.8) is 0 Å². The highest BCUT2D eigenvalue weighted by Crippen LogP contribution is 2.21. The summed E-state index contributed by atoms with van der Waals surface area (Å²) < 4.78 is 0. The van der Waals surface area contributed by atoms with Gasteiger partial charge in [-0.25, -0.2) is 0 Å². The summed E-state index contributed by atoms with van der Waals surface area (Å²) >= 11 is 5.96. The SMILES string of the molecule is CC(NCC(O)CC(C)(C)C)c1cccc(Cl)c1. The van der Waals surface area contributed by atoms with Crippen molar-refractivity contribution in [3.05, 3.63) is 34.9 Å². The Morgan fingerprint density at radius 2 is 2.00 bits per heavy atom. The van der Waals surface area contributed by atoms with Gasteiger partial charge >= 0.3 is 0 Å². The minimum atomic E-state index is -0.313. The number of aliphatic hydroxyl groups is 1. The molecule has 102 valence electrons. The highest BCUT2D eigenvalue weighted by atomic mass is 35.5. The predicted molar refractivity (Wildman–Crippen MR) is 77.9 cm³/mol. The van der Waals surface area contributed by atoms with Crippen LogP contribution < -0.4 is 5.32 Å². The summed E-state index contributed by atoms with van der Waals surface area (Å²) in [5.74, 6) is 0. The van der Waals surface area contributed by atoms with Gasteiger partial charge in [0.15, 0.2) is 0 Å². The highest BCUT2D eigenvalue weighted by molar-refractivity contribution is 6.30. The maximum atomic E-state index is 9.95. The quantitative estimate of drug-likeness (QED) is 0.852. The summed E-state index contributed by atoms with van der Waals surface area (Å²) in [7, 11) is 0. The van der Waals surface area contributed by atoms with Gasteiger partial charge in [-0.3, -0.25) is 0 Å². The third kappa shape index (κ3) is 5.85. The van der Waals surface area contributed by atoms with Crippen LogP contribution in [0.15, 0.2) is 24.3 Å². The lowest BCUT2D eigenvalue weighted by Crippen LogP contribution is -2.31. The summed E-state index contributed by atoms with van der Waals surface area (Å²) in [6.45, 7) is 9.09. The van der Waals surface area contributed by atoms with Crippen LogP contribution in [0.4, 0.5) is 0 Å². The first-order valence-electron chi connectivity index (χ1n) is 6.45. The number of benzene rings is 1. The zero-order valence-electron chi connectivity index (χ0n) is 11.7. The smallest absolute Gasteiger partial charge is 0.0669 e. The first-order valence-corrected chi connectivity index (χ1v) is 6.82. The summed E-state index contributed by atoms with van der Waals surface area (Å²) in [6.07, 6.45) is 0.481. The molecule has 0 saturated heterocycles. The summed E-state index contributed by atoms with van der Waals surface area (Å²) in [6, 6.07) is 8.00. The standard InChI is InChI=1S/C15H24ClNO/c1-11(12-6-5-7-13(16)8-12)17-10-14(18)9-15(2,3)4/h5-8,11,14,17-18H,9-10H2,1-4H3. The number of halogens is 1. The molecule has 2 N–H and O–H groups in total. The van der Waals surface area contributed by atoms with Crippen LogP contribution in [0.3, 0.4) is 0 Å². The normalized spacial score (nSPS) is 15.4. The van der Waals surface area contributed by atoms with Crippen LogP contribution in [0.1, 0.15) is 45.7 Å². The lowest BCUT2D eigenvalue weighted by atomic mass is 9.89. The van der Waals surface area contributed by atoms with Crippen molar-refractivity contribution in [2.45, 2.75) is 46.3 Å². The van der Waals surface area contributed by atoms with Crippen LogP contribution in [0, 0.1) is 5.41 Å². The van der Waals surface area contributed by atoms with Gasteiger partial charge in [0.2, 0.25) is 0 Å². The van der Waals surface area contributed by atoms with Crippen LogP contribution in [-0.2, 0) is 0 Å². The van der Waals surface area contributed by atoms with E-state index in [4.69, 9.17) is 11.6 Å². The van der Waals surface area contributed by atoms with Crippen molar-refractivity contribution in [2.75, 3.05) is 6.54 Å². The Hall–Kier alpha value is -0.570. The van der Waals surface area contributed by atoms with Crippen molar-refractivity contribution < 1.29 is 5.11 Å². The Morgan fingerprint density at radius 3 is 2.56 bits per heavy atom. The molecule has 1 aromatic rings. The molecule has 1 aromatic carbocycles. The average molecular weight is 270 g/mol. The number of hydrogen-bond acceptors (Lipinski definition) is 2. The lowest BCUT2D eigenvalue weighted by molar-refractivity contribution is 0.117. The Balaban J connectivity index is 2.44. The molecule has 3 heteroatoms. The molecule has 1 rings (SSSR count). The van der Waals surface area contributed by atoms with Gasteiger partial charge in [-0.15, -0.1) is 0 Å². The van der Waals surface area contributed by atoms with E-state index in [9.17, 15) is 5.11 Å². The van der Waals surface area contributed by atoms with Gasteiger partial charge in [0.05, 0.1) is 6.10 Å². The molecule has 2 unspecified atom stereocenters. The van der Waals surface area contributed by atoms with Crippen molar-refractivity contribution in [2.24, 2.45) is 5.41 Å². The molecule has 0 bridgehead atoms. The molecular weight excluding hydrogens is 246 g/mol. The number of rotatable bonds is 5. The third-order valence-electron chi connectivity index (χ3n) is 2.86. The van der Waals surface area contributed by atoms with Gasteiger partial charge in [0.25, 0.3) is 0 Å². The molecule has 0 heterocycles. The van der Waals surface area contributed by atoms with Crippen LogP contribution in [0.2, 0.25) is 5.02 Å². The molecule has 0 aromatic heterocycles. The van der Waals surface area contributed by atoms with Gasteiger partial charge in [-0.05, 0) is 36.5 Å². The van der Waals surface area contributed by atoms with Crippen LogP contribution in [0.25, 0.3) is 0 Å². The Kier molecular flexibility index (Phi) is 5.64. The molecule has 0 aliphatic heterocycles. The van der Waals surface area contributed by atoms with Crippen LogP contribution in [-0.4, -0.2) is 17.8 Å². The third-order valence-corrected chi connectivity index (χ3v) is 3.09. The number of aliphatic hydroxyl groups excluding tert-OH is 1. The molecule has 0 amide bonds. The predicted octanol–water partition coefficient (Wildman–Crippen LogP) is 3.79. The second-order valence-corrected chi connectivity index (χ2v) is 6.54. The van der Waals surface area contributed by atoms with Gasteiger partial charge in [0.1, 0.15) is 0 Å². The Labute approximate surface area is 115 Å². The van der Waals surface area contributed by atoms with Crippen LogP contribution in [0.5, 0.6) is 0 Å². The van der Waals surface area contributed by atoms with Crippen LogP contribution >= 0.6 is 11.6 Å². The van der Waals surface area contributed by atoms with E-state index in [0.29, 0.717) is 6.54 Å². The molecule has 0 radical (unpaired) electrons. The van der Waals surface area contributed by atoms with Crippen molar-refractivity contribution >= 4 is 11.6 Å². The molecule has 0 spiro atoms. The first kappa shape index (κ1) is 15.5. The summed E-state index contributed by atoms with van der Waals surface area (Å²) in [5.41, 5.74) is 1.30. The van der Waals surface area contributed by atoms with Crippen molar-refractivity contribution in [1.82, 2.24) is 5.32 Å². The molecule has 2 nitrogen and oxygen atoms in total. The minimum absolute atomic E-state index is 0.153. The van der Waals surface area contributed by atoms with Crippen molar-refractivity contribution in [1.29, 1.82) is 0 Å². The first-order chi connectivity index (χ1) is 8.28. The topological polar surface area (TPSA) is 32.3 Å². The molecule has 0 aliphatic carbocycles. The number of hydrogen-bond donors (Lipinski definition) is 2. The van der Waals surface area contributed by atoms with E-state index in [0.717, 1.165) is 17.0 Å². The van der Waals surface area contributed by atoms with Gasteiger partial charge < -0.3 is 10.4 Å². The minimum Gasteiger partial charge on any atom is -0.392 e. The largest absolute Gasteiger partial charge is 0.392 e. The summed E-state index contributed by atoms with van der Waals surface area (Å²) in [4.78, 5) is 0. The zero-order chi connectivity index (χ0) is 13.8. The van der Waals surface area contributed by atoms with Gasteiger partial charge in [-0.2, -0.15) is 0 Å². The maximum absolute atomic E-state index is 9.95.